The first-order valence-electron chi connectivity index (χ1n) is 5.91. The van der Waals surface area contributed by atoms with Crippen molar-refractivity contribution in [3.05, 3.63) is 58.9 Å². The Morgan fingerprint density at radius 3 is 2.14 bits per heavy atom. The number of carbonyl (C=O) groups excluding carboxylic acids is 1. The molecule has 0 saturated heterocycles. The summed E-state index contributed by atoms with van der Waals surface area (Å²) in [6.45, 7) is 0. The van der Waals surface area contributed by atoms with Gasteiger partial charge in [0.1, 0.15) is 40.6 Å². The highest BCUT2D eigenvalue weighted by molar-refractivity contribution is 5.91. The summed E-state index contributed by atoms with van der Waals surface area (Å²) >= 11 is 0. The minimum Gasteiger partial charge on any atom is -0.497 e. The molecule has 0 N–H and O–H groups in total. The molecule has 0 aliphatic rings. The summed E-state index contributed by atoms with van der Waals surface area (Å²) in [7, 11) is 1.21. The van der Waals surface area contributed by atoms with Crippen LogP contribution in [-0.2, 0) is 0 Å². The van der Waals surface area contributed by atoms with Crippen LogP contribution < -0.4 is 9.47 Å². The number of esters is 1. The third-order valence-corrected chi connectivity index (χ3v) is 2.73. The van der Waals surface area contributed by atoms with Crippen molar-refractivity contribution in [1.29, 1.82) is 5.26 Å². The molecular weight excluding hydrogens is 299 g/mol. The van der Waals surface area contributed by atoms with Crippen LogP contribution in [0.5, 0.6) is 11.5 Å². The molecule has 0 unspecified atom stereocenters. The van der Waals surface area contributed by atoms with E-state index in [2.05, 4.69) is 4.74 Å². The normalized spacial score (nSPS) is 9.95. The van der Waals surface area contributed by atoms with Gasteiger partial charge in [0.05, 0.1) is 12.7 Å². The highest BCUT2D eigenvalue weighted by Crippen LogP contribution is 2.23. The Morgan fingerprint density at radius 1 is 1.05 bits per heavy atom. The molecular formula is C15H8F3NO3. The minimum atomic E-state index is -1.33. The predicted molar refractivity (Wildman–Crippen MR) is 69.0 cm³/mol. The van der Waals surface area contributed by atoms with Crippen molar-refractivity contribution in [2.75, 3.05) is 7.11 Å². The number of benzene rings is 2. The van der Waals surface area contributed by atoms with Gasteiger partial charge in [0.15, 0.2) is 0 Å². The van der Waals surface area contributed by atoms with Crippen LogP contribution in [0.1, 0.15) is 15.9 Å². The van der Waals surface area contributed by atoms with Crippen LogP contribution in [0.4, 0.5) is 13.2 Å². The number of nitrogens with zero attached hydrogens (tertiary/aromatic N) is 1. The van der Waals surface area contributed by atoms with Crippen molar-refractivity contribution in [3.8, 4) is 17.6 Å². The molecule has 0 fully saturated rings. The molecule has 0 radical (unpaired) electrons. The number of halogens is 3. The lowest BCUT2D eigenvalue weighted by Gasteiger charge is -2.08. The molecule has 0 heterocycles. The largest absolute Gasteiger partial charge is 0.497 e. The molecule has 0 bridgehead atoms. The van der Waals surface area contributed by atoms with E-state index >= 15 is 0 Å². The second kappa shape index (κ2) is 6.18. The number of hydrogen-bond donors (Lipinski definition) is 0. The molecule has 22 heavy (non-hydrogen) atoms. The van der Waals surface area contributed by atoms with E-state index in [-0.39, 0.29) is 17.1 Å². The summed E-state index contributed by atoms with van der Waals surface area (Å²) in [6, 6.07) is 6.22. The fourth-order valence-electron chi connectivity index (χ4n) is 1.67. The molecule has 2 aromatic rings. The Kier molecular flexibility index (Phi) is 4.32. The Bertz CT molecular complexity index is 761. The Morgan fingerprint density at radius 2 is 1.64 bits per heavy atom. The summed E-state index contributed by atoms with van der Waals surface area (Å²) < 4.78 is 50.2. The van der Waals surface area contributed by atoms with Gasteiger partial charge in [-0.25, -0.2) is 18.0 Å². The number of hydrogen-bond acceptors (Lipinski definition) is 4. The van der Waals surface area contributed by atoms with E-state index in [9.17, 15) is 18.0 Å². The number of carbonyl (C=O) groups is 1. The molecule has 2 aromatic carbocycles. The Labute approximate surface area is 123 Å². The van der Waals surface area contributed by atoms with Crippen molar-refractivity contribution < 1.29 is 27.4 Å². The summed E-state index contributed by atoms with van der Waals surface area (Å²) in [6.07, 6.45) is 0. The van der Waals surface area contributed by atoms with Crippen LogP contribution in [-0.4, -0.2) is 13.1 Å². The van der Waals surface area contributed by atoms with Gasteiger partial charge in [0.25, 0.3) is 0 Å². The number of nitriles is 1. The predicted octanol–water partition coefficient (Wildman–Crippen LogP) is 3.20. The molecule has 0 amide bonds. The Balaban J connectivity index is 2.30. The zero-order valence-electron chi connectivity index (χ0n) is 11.2. The average Bonchev–Trinajstić information content (AvgIpc) is 2.46. The van der Waals surface area contributed by atoms with Gasteiger partial charge in [-0.1, -0.05) is 0 Å². The molecule has 0 spiro atoms. The second-order valence-electron chi connectivity index (χ2n) is 4.11. The third-order valence-electron chi connectivity index (χ3n) is 2.73. The molecule has 0 saturated carbocycles. The van der Waals surface area contributed by atoms with Gasteiger partial charge < -0.3 is 9.47 Å². The van der Waals surface area contributed by atoms with E-state index < -0.39 is 29.0 Å². The van der Waals surface area contributed by atoms with Gasteiger partial charge in [0, 0.05) is 18.2 Å². The highest BCUT2D eigenvalue weighted by Gasteiger charge is 2.21. The van der Waals surface area contributed by atoms with Gasteiger partial charge in [-0.2, -0.15) is 5.26 Å². The van der Waals surface area contributed by atoms with Crippen molar-refractivity contribution >= 4 is 5.97 Å². The van der Waals surface area contributed by atoms with Crippen molar-refractivity contribution in [3.63, 3.8) is 0 Å². The van der Waals surface area contributed by atoms with E-state index in [1.54, 1.807) is 6.07 Å². The fraction of sp³-hybridized carbons (Fsp3) is 0.0667. The zero-order valence-corrected chi connectivity index (χ0v) is 11.2. The maximum Gasteiger partial charge on any atom is 0.349 e. The zero-order chi connectivity index (χ0) is 16.3. The molecule has 2 rings (SSSR count). The maximum atomic E-state index is 13.7. The number of ether oxygens (including phenoxy) is 2. The fourth-order valence-corrected chi connectivity index (χ4v) is 1.67. The molecule has 0 atom stereocenters. The molecule has 4 nitrogen and oxygen atoms in total. The monoisotopic (exact) mass is 307 g/mol. The standard InChI is InChI=1S/C15H8F3NO3/c1-21-10-5-12(17)14(13(18)6-10)15(20)22-9-3-2-8(7-19)11(16)4-9/h2-6H,1H3. The lowest BCUT2D eigenvalue weighted by molar-refractivity contribution is 0.0724. The van der Waals surface area contributed by atoms with Crippen LogP contribution >= 0.6 is 0 Å². The van der Waals surface area contributed by atoms with Gasteiger partial charge >= 0.3 is 5.97 Å². The first-order valence-corrected chi connectivity index (χ1v) is 5.91. The van der Waals surface area contributed by atoms with Crippen molar-refractivity contribution in [1.82, 2.24) is 0 Å². The summed E-state index contributed by atoms with van der Waals surface area (Å²) in [5.74, 6) is -4.97. The highest BCUT2D eigenvalue weighted by atomic mass is 19.1. The first kappa shape index (κ1) is 15.4. The number of rotatable bonds is 3. The van der Waals surface area contributed by atoms with Gasteiger partial charge in [0.2, 0.25) is 0 Å². The smallest absolute Gasteiger partial charge is 0.349 e. The summed E-state index contributed by atoms with van der Waals surface area (Å²) in [4.78, 5) is 11.8. The van der Waals surface area contributed by atoms with Gasteiger partial charge in [-0.15, -0.1) is 0 Å². The van der Waals surface area contributed by atoms with E-state index in [0.717, 1.165) is 30.3 Å². The van der Waals surface area contributed by atoms with E-state index in [1.165, 1.54) is 7.11 Å². The molecule has 112 valence electrons. The molecule has 0 aromatic heterocycles. The Hall–Kier alpha value is -3.01. The van der Waals surface area contributed by atoms with Crippen LogP contribution in [0.25, 0.3) is 0 Å². The summed E-state index contributed by atoms with van der Waals surface area (Å²) in [5.41, 5.74) is -1.17. The lowest BCUT2D eigenvalue weighted by Crippen LogP contribution is -2.13. The second-order valence-corrected chi connectivity index (χ2v) is 4.11. The molecule has 0 aliphatic carbocycles. The summed E-state index contributed by atoms with van der Waals surface area (Å²) in [5, 5.41) is 8.58. The lowest BCUT2D eigenvalue weighted by atomic mass is 10.2. The SMILES string of the molecule is COc1cc(F)c(C(=O)Oc2ccc(C#N)c(F)c2)c(F)c1. The minimum absolute atomic E-state index is 0.101. The first-order chi connectivity index (χ1) is 10.5. The van der Waals surface area contributed by atoms with Gasteiger partial charge in [-0.05, 0) is 12.1 Å². The maximum absolute atomic E-state index is 13.7. The molecule has 7 heteroatoms. The van der Waals surface area contributed by atoms with Gasteiger partial charge in [-0.3, -0.25) is 0 Å². The molecule has 0 aliphatic heterocycles. The topological polar surface area (TPSA) is 59.3 Å². The van der Waals surface area contributed by atoms with E-state index in [4.69, 9.17) is 10.00 Å². The van der Waals surface area contributed by atoms with Crippen LogP contribution in [0, 0.1) is 28.8 Å². The number of methoxy groups -OCH3 is 1. The third kappa shape index (κ3) is 3.01. The van der Waals surface area contributed by atoms with Crippen molar-refractivity contribution in [2.45, 2.75) is 0 Å². The van der Waals surface area contributed by atoms with Crippen LogP contribution in [0.2, 0.25) is 0 Å². The van der Waals surface area contributed by atoms with Crippen LogP contribution in [0.15, 0.2) is 30.3 Å². The van der Waals surface area contributed by atoms with E-state index in [1.807, 2.05) is 0 Å². The van der Waals surface area contributed by atoms with Crippen molar-refractivity contribution in [2.24, 2.45) is 0 Å². The quantitative estimate of drug-likeness (QED) is 0.645. The van der Waals surface area contributed by atoms with E-state index in [0.29, 0.717) is 0 Å². The van der Waals surface area contributed by atoms with Crippen LogP contribution in [0.3, 0.4) is 0 Å². The average molecular weight is 307 g/mol.